The van der Waals surface area contributed by atoms with Crippen molar-refractivity contribution in [1.82, 2.24) is 10.2 Å². The van der Waals surface area contributed by atoms with Gasteiger partial charge in [-0.3, -0.25) is 9.69 Å². The van der Waals surface area contributed by atoms with Crippen LogP contribution in [-0.2, 0) is 4.79 Å². The standard InChI is InChI=1S/C22H46N2O/c1-7-9-11-13-15-24(16-14-12-10-8-2)19-23-21(25)17-20(3)18-22(4,5)6/h20H,7-19H2,1-6H3,(H,23,25). The second-order valence-electron chi connectivity index (χ2n) is 9.07. The molecule has 0 saturated heterocycles. The predicted molar refractivity (Wildman–Crippen MR) is 111 cm³/mol. The van der Waals surface area contributed by atoms with Crippen LogP contribution in [0.2, 0.25) is 0 Å². The highest BCUT2D eigenvalue weighted by Gasteiger charge is 2.18. The minimum absolute atomic E-state index is 0.212. The maximum absolute atomic E-state index is 12.3. The third kappa shape index (κ3) is 16.6. The van der Waals surface area contributed by atoms with Gasteiger partial charge in [-0.15, -0.1) is 0 Å². The van der Waals surface area contributed by atoms with Gasteiger partial charge in [0.1, 0.15) is 0 Å². The minimum atomic E-state index is 0.212. The first-order valence-electron chi connectivity index (χ1n) is 10.8. The number of rotatable bonds is 15. The molecule has 1 atom stereocenters. The summed E-state index contributed by atoms with van der Waals surface area (Å²) in [7, 11) is 0. The summed E-state index contributed by atoms with van der Waals surface area (Å²) in [5.74, 6) is 0.659. The first kappa shape index (κ1) is 24.4. The van der Waals surface area contributed by atoms with Gasteiger partial charge in [0.05, 0.1) is 6.67 Å². The molecule has 0 fully saturated rings. The van der Waals surface area contributed by atoms with Gasteiger partial charge in [0.15, 0.2) is 0 Å². The first-order chi connectivity index (χ1) is 11.8. The molecule has 0 aliphatic rings. The van der Waals surface area contributed by atoms with Gasteiger partial charge in [-0.2, -0.15) is 0 Å². The molecule has 0 bridgehead atoms. The van der Waals surface area contributed by atoms with E-state index >= 15 is 0 Å². The summed E-state index contributed by atoms with van der Waals surface area (Å²) in [6.45, 7) is 16.4. The van der Waals surface area contributed by atoms with Crippen LogP contribution in [0.15, 0.2) is 0 Å². The van der Waals surface area contributed by atoms with Crippen LogP contribution in [0, 0.1) is 11.3 Å². The summed E-state index contributed by atoms with van der Waals surface area (Å²) in [5, 5.41) is 3.17. The fourth-order valence-corrected chi connectivity index (χ4v) is 3.50. The third-order valence-corrected chi connectivity index (χ3v) is 4.65. The van der Waals surface area contributed by atoms with E-state index in [2.05, 4.69) is 51.8 Å². The highest BCUT2D eigenvalue weighted by Crippen LogP contribution is 2.25. The molecule has 0 aromatic heterocycles. The number of carbonyl (C=O) groups is 1. The quantitative estimate of drug-likeness (QED) is 0.289. The lowest BCUT2D eigenvalue weighted by Crippen LogP contribution is -2.39. The average molecular weight is 355 g/mol. The molecule has 1 unspecified atom stereocenters. The molecule has 0 aliphatic heterocycles. The molecule has 1 N–H and O–H groups in total. The van der Waals surface area contributed by atoms with Crippen molar-refractivity contribution < 1.29 is 4.79 Å². The number of unbranched alkanes of at least 4 members (excludes halogenated alkanes) is 6. The van der Waals surface area contributed by atoms with Gasteiger partial charge in [0, 0.05) is 6.42 Å². The monoisotopic (exact) mass is 354 g/mol. The minimum Gasteiger partial charge on any atom is -0.343 e. The Morgan fingerprint density at radius 2 is 1.44 bits per heavy atom. The number of hydrogen-bond donors (Lipinski definition) is 1. The van der Waals surface area contributed by atoms with Crippen LogP contribution in [0.4, 0.5) is 0 Å². The molecule has 0 aromatic carbocycles. The molecule has 3 nitrogen and oxygen atoms in total. The topological polar surface area (TPSA) is 32.3 Å². The molecule has 150 valence electrons. The molecule has 0 spiro atoms. The summed E-state index contributed by atoms with van der Waals surface area (Å²) in [6.07, 6.45) is 12.0. The van der Waals surface area contributed by atoms with Crippen molar-refractivity contribution in [1.29, 1.82) is 0 Å². The van der Waals surface area contributed by atoms with Crippen LogP contribution in [-0.4, -0.2) is 30.6 Å². The summed E-state index contributed by atoms with van der Waals surface area (Å²) in [5.41, 5.74) is 0.296. The molecule has 0 radical (unpaired) electrons. The van der Waals surface area contributed by atoms with Crippen molar-refractivity contribution in [3.05, 3.63) is 0 Å². The van der Waals surface area contributed by atoms with Crippen molar-refractivity contribution >= 4 is 5.91 Å². The zero-order chi connectivity index (χ0) is 19.1. The van der Waals surface area contributed by atoms with Gasteiger partial charge in [-0.05, 0) is 43.7 Å². The molecule has 3 heteroatoms. The fraction of sp³-hybridized carbons (Fsp3) is 0.955. The zero-order valence-corrected chi connectivity index (χ0v) is 18.1. The highest BCUT2D eigenvalue weighted by molar-refractivity contribution is 5.76. The second-order valence-corrected chi connectivity index (χ2v) is 9.07. The van der Waals surface area contributed by atoms with Gasteiger partial charge in [-0.25, -0.2) is 0 Å². The Bertz CT molecular complexity index is 310. The number of hydrogen-bond acceptors (Lipinski definition) is 2. The summed E-state index contributed by atoms with van der Waals surface area (Å²) < 4.78 is 0. The Morgan fingerprint density at radius 3 is 1.88 bits per heavy atom. The maximum Gasteiger partial charge on any atom is 0.221 e. The Morgan fingerprint density at radius 1 is 0.920 bits per heavy atom. The van der Waals surface area contributed by atoms with Gasteiger partial charge >= 0.3 is 0 Å². The third-order valence-electron chi connectivity index (χ3n) is 4.65. The Balaban J connectivity index is 4.16. The molecule has 0 aliphatic carbocycles. The Hall–Kier alpha value is -0.570. The first-order valence-corrected chi connectivity index (χ1v) is 10.8. The van der Waals surface area contributed by atoms with E-state index in [1.165, 1.54) is 51.4 Å². The van der Waals surface area contributed by atoms with Crippen LogP contribution in [0.3, 0.4) is 0 Å². The summed E-state index contributed by atoms with van der Waals surface area (Å²) >= 11 is 0. The van der Waals surface area contributed by atoms with Crippen LogP contribution in [0.25, 0.3) is 0 Å². The van der Waals surface area contributed by atoms with E-state index in [9.17, 15) is 4.79 Å². The fourth-order valence-electron chi connectivity index (χ4n) is 3.50. The van der Waals surface area contributed by atoms with Crippen molar-refractivity contribution in [2.75, 3.05) is 19.8 Å². The Labute approximate surface area is 158 Å². The summed E-state index contributed by atoms with van der Waals surface area (Å²) in [6, 6.07) is 0. The van der Waals surface area contributed by atoms with Gasteiger partial charge in [0.2, 0.25) is 5.91 Å². The lowest BCUT2D eigenvalue weighted by atomic mass is 9.84. The summed E-state index contributed by atoms with van der Waals surface area (Å²) in [4.78, 5) is 14.7. The average Bonchev–Trinajstić information content (AvgIpc) is 2.50. The van der Waals surface area contributed by atoms with E-state index in [0.717, 1.165) is 26.2 Å². The lowest BCUT2D eigenvalue weighted by Gasteiger charge is -2.25. The highest BCUT2D eigenvalue weighted by atomic mass is 16.1. The smallest absolute Gasteiger partial charge is 0.221 e. The zero-order valence-electron chi connectivity index (χ0n) is 18.1. The SMILES string of the molecule is CCCCCCN(CCCCCC)CNC(=O)CC(C)CC(C)(C)C. The van der Waals surface area contributed by atoms with E-state index in [4.69, 9.17) is 0 Å². The number of amides is 1. The van der Waals surface area contributed by atoms with Crippen molar-refractivity contribution in [3.63, 3.8) is 0 Å². The normalized spacial score (nSPS) is 13.2. The second kappa shape index (κ2) is 14.6. The van der Waals surface area contributed by atoms with Gasteiger partial charge in [-0.1, -0.05) is 80.1 Å². The van der Waals surface area contributed by atoms with E-state index in [1.54, 1.807) is 0 Å². The maximum atomic E-state index is 12.3. The van der Waals surface area contributed by atoms with Crippen molar-refractivity contribution in [3.8, 4) is 0 Å². The molecule has 0 aromatic rings. The number of nitrogens with zero attached hydrogens (tertiary/aromatic N) is 1. The molecule has 25 heavy (non-hydrogen) atoms. The van der Waals surface area contributed by atoms with Gasteiger partial charge in [0.25, 0.3) is 0 Å². The number of carbonyl (C=O) groups excluding carboxylic acids is 1. The van der Waals surface area contributed by atoms with Crippen LogP contribution < -0.4 is 5.32 Å². The van der Waals surface area contributed by atoms with E-state index in [-0.39, 0.29) is 5.91 Å². The van der Waals surface area contributed by atoms with Crippen LogP contribution in [0.1, 0.15) is 106 Å². The van der Waals surface area contributed by atoms with Crippen LogP contribution >= 0.6 is 0 Å². The molecule has 0 rings (SSSR count). The molecular weight excluding hydrogens is 308 g/mol. The Kier molecular flexibility index (Phi) is 14.3. The van der Waals surface area contributed by atoms with E-state index < -0.39 is 0 Å². The van der Waals surface area contributed by atoms with E-state index in [1.807, 2.05) is 0 Å². The molecule has 1 amide bonds. The van der Waals surface area contributed by atoms with E-state index in [0.29, 0.717) is 17.8 Å². The molecular formula is C22H46N2O. The predicted octanol–water partition coefficient (Wildman–Crippen LogP) is 5.99. The number of nitrogens with one attached hydrogen (secondary N) is 1. The molecule has 0 saturated carbocycles. The van der Waals surface area contributed by atoms with Crippen molar-refractivity contribution in [2.24, 2.45) is 11.3 Å². The van der Waals surface area contributed by atoms with Crippen LogP contribution in [0.5, 0.6) is 0 Å². The van der Waals surface area contributed by atoms with Crippen molar-refractivity contribution in [2.45, 2.75) is 106 Å². The van der Waals surface area contributed by atoms with Gasteiger partial charge < -0.3 is 5.32 Å². The lowest BCUT2D eigenvalue weighted by molar-refractivity contribution is -0.122. The molecule has 0 heterocycles. The largest absolute Gasteiger partial charge is 0.343 e.